The molecule has 3 heterocycles. The van der Waals surface area contributed by atoms with Gasteiger partial charge in [-0.3, -0.25) is 4.98 Å². The first-order chi connectivity index (χ1) is 25.5. The Morgan fingerprint density at radius 2 is 1.10 bits per heavy atom. The number of hydrogen-bond acceptors (Lipinski definition) is 5. The van der Waals surface area contributed by atoms with Crippen LogP contribution in [0.2, 0.25) is 0 Å². The Morgan fingerprint density at radius 1 is 0.462 bits per heavy atom. The van der Waals surface area contributed by atoms with Gasteiger partial charge in [0.1, 0.15) is 11.2 Å². The zero-order valence-electron chi connectivity index (χ0n) is 28.7. The van der Waals surface area contributed by atoms with Crippen LogP contribution in [0.4, 0.5) is 0 Å². The molecule has 0 saturated heterocycles. The molecule has 0 bridgehead atoms. The number of furan rings is 1. The SMILES string of the molecule is CC1(C)c2ccc(-c3cccc(-c4nc(-c5ccccc5)nc(-c5ccc(-c6cccnc6)cc5)n4)c3)cc2-c2ccc3oc4ccccc4c3c21. The molecule has 0 atom stereocenters. The van der Waals surface area contributed by atoms with E-state index in [0.717, 1.165) is 50.1 Å². The zero-order chi connectivity index (χ0) is 34.8. The lowest BCUT2D eigenvalue weighted by Gasteiger charge is -2.22. The lowest BCUT2D eigenvalue weighted by atomic mass is 9.80. The van der Waals surface area contributed by atoms with Gasteiger partial charge in [-0.05, 0) is 74.8 Å². The molecule has 0 N–H and O–H groups in total. The van der Waals surface area contributed by atoms with Crippen molar-refractivity contribution in [3.05, 3.63) is 169 Å². The number of aromatic nitrogens is 4. The normalized spacial score (nSPS) is 13.0. The lowest BCUT2D eigenvalue weighted by molar-refractivity contribution is 0.657. The third-order valence-electron chi connectivity index (χ3n) is 10.4. The smallest absolute Gasteiger partial charge is 0.164 e. The van der Waals surface area contributed by atoms with Crippen LogP contribution in [0, 0.1) is 0 Å². The van der Waals surface area contributed by atoms with Crippen molar-refractivity contribution in [3.63, 3.8) is 0 Å². The maximum atomic E-state index is 6.30. The standard InChI is InChI=1S/C47H32N4O/c1-47(2)39-23-21-33(27-38(39)36-22-24-41-42(43(36)47)37-15-6-7-16-40(37)52-41)32-12-8-13-34(26-32)46-50-44(30-10-4-3-5-11-30)49-45(51-46)31-19-17-29(18-20-31)35-14-9-25-48-28-35/h3-28H,1-2H3. The predicted molar refractivity (Wildman–Crippen MR) is 210 cm³/mol. The Bertz CT molecular complexity index is 2800. The van der Waals surface area contributed by atoms with Crippen LogP contribution in [-0.2, 0) is 5.41 Å². The highest BCUT2D eigenvalue weighted by atomic mass is 16.3. The average molecular weight is 669 g/mol. The maximum Gasteiger partial charge on any atom is 0.164 e. The van der Waals surface area contributed by atoms with E-state index in [1.807, 2.05) is 48.7 Å². The number of benzene rings is 6. The van der Waals surface area contributed by atoms with Crippen molar-refractivity contribution in [3.8, 4) is 67.5 Å². The maximum absolute atomic E-state index is 6.30. The number of nitrogens with zero attached hydrogens (tertiary/aromatic N) is 4. The van der Waals surface area contributed by atoms with E-state index in [1.54, 1.807) is 6.20 Å². The van der Waals surface area contributed by atoms with E-state index >= 15 is 0 Å². The summed E-state index contributed by atoms with van der Waals surface area (Å²) in [6.07, 6.45) is 3.66. The molecule has 1 aliphatic rings. The largest absolute Gasteiger partial charge is 0.456 e. The minimum absolute atomic E-state index is 0.178. The molecule has 52 heavy (non-hydrogen) atoms. The van der Waals surface area contributed by atoms with Crippen molar-refractivity contribution in [1.82, 2.24) is 19.9 Å². The quantitative estimate of drug-likeness (QED) is 0.183. The van der Waals surface area contributed by atoms with Gasteiger partial charge in [-0.15, -0.1) is 0 Å². The number of rotatable bonds is 5. The summed E-state index contributed by atoms with van der Waals surface area (Å²) < 4.78 is 6.30. The monoisotopic (exact) mass is 668 g/mol. The fraction of sp³-hybridized carbons (Fsp3) is 0.0638. The molecule has 0 unspecified atom stereocenters. The molecule has 6 aromatic carbocycles. The Morgan fingerprint density at radius 3 is 1.88 bits per heavy atom. The molecule has 0 saturated carbocycles. The molecule has 0 spiro atoms. The number of para-hydroxylation sites is 1. The van der Waals surface area contributed by atoms with E-state index < -0.39 is 0 Å². The van der Waals surface area contributed by atoms with Crippen LogP contribution >= 0.6 is 0 Å². The topological polar surface area (TPSA) is 64.7 Å². The van der Waals surface area contributed by atoms with Crippen molar-refractivity contribution in [2.24, 2.45) is 0 Å². The van der Waals surface area contributed by atoms with Crippen LogP contribution in [0.25, 0.3) is 89.5 Å². The van der Waals surface area contributed by atoms with E-state index in [0.29, 0.717) is 17.5 Å². The summed E-state index contributed by atoms with van der Waals surface area (Å²) in [6, 6.07) is 50.5. The van der Waals surface area contributed by atoms with Crippen LogP contribution in [0.1, 0.15) is 25.0 Å². The van der Waals surface area contributed by atoms with Crippen molar-refractivity contribution >= 4 is 21.9 Å². The molecule has 0 aliphatic heterocycles. The first-order valence-electron chi connectivity index (χ1n) is 17.5. The summed E-state index contributed by atoms with van der Waals surface area (Å²) in [5.41, 5.74) is 14.0. The highest BCUT2D eigenvalue weighted by Crippen LogP contribution is 2.53. The van der Waals surface area contributed by atoms with Gasteiger partial charge in [-0.2, -0.15) is 0 Å². The van der Waals surface area contributed by atoms with Gasteiger partial charge < -0.3 is 4.42 Å². The first kappa shape index (κ1) is 30.1. The molecule has 0 radical (unpaired) electrons. The predicted octanol–water partition coefficient (Wildman–Crippen LogP) is 11.8. The molecule has 246 valence electrons. The van der Waals surface area contributed by atoms with Crippen LogP contribution in [0.3, 0.4) is 0 Å². The van der Waals surface area contributed by atoms with Crippen LogP contribution in [0.15, 0.2) is 162 Å². The highest BCUT2D eigenvalue weighted by Gasteiger charge is 2.38. The summed E-state index contributed by atoms with van der Waals surface area (Å²) in [6.45, 7) is 4.66. The van der Waals surface area contributed by atoms with E-state index in [2.05, 4.69) is 122 Å². The summed E-state index contributed by atoms with van der Waals surface area (Å²) in [7, 11) is 0. The fourth-order valence-electron chi connectivity index (χ4n) is 7.85. The first-order valence-corrected chi connectivity index (χ1v) is 17.5. The van der Waals surface area contributed by atoms with E-state index in [4.69, 9.17) is 19.4 Å². The molecule has 1 aliphatic carbocycles. The van der Waals surface area contributed by atoms with Gasteiger partial charge in [0.05, 0.1) is 0 Å². The molecule has 10 rings (SSSR count). The summed E-state index contributed by atoms with van der Waals surface area (Å²) >= 11 is 0. The fourth-order valence-corrected chi connectivity index (χ4v) is 7.85. The second kappa shape index (κ2) is 11.7. The summed E-state index contributed by atoms with van der Waals surface area (Å²) in [5.74, 6) is 1.89. The summed E-state index contributed by atoms with van der Waals surface area (Å²) in [4.78, 5) is 19.3. The number of pyridine rings is 1. The Balaban J connectivity index is 1.07. The molecule has 5 heteroatoms. The van der Waals surface area contributed by atoms with Crippen LogP contribution < -0.4 is 0 Å². The Labute approximate surface area is 301 Å². The molecule has 0 fully saturated rings. The molecular weight excluding hydrogens is 637 g/mol. The zero-order valence-corrected chi connectivity index (χ0v) is 28.7. The van der Waals surface area contributed by atoms with Gasteiger partial charge in [-0.25, -0.2) is 15.0 Å². The van der Waals surface area contributed by atoms with Gasteiger partial charge in [-0.1, -0.05) is 129 Å². The van der Waals surface area contributed by atoms with E-state index in [9.17, 15) is 0 Å². The Hall–Kier alpha value is -6.72. The molecule has 9 aromatic rings. The summed E-state index contributed by atoms with van der Waals surface area (Å²) in [5, 5.41) is 2.38. The minimum atomic E-state index is -0.178. The lowest BCUT2D eigenvalue weighted by Crippen LogP contribution is -2.15. The van der Waals surface area contributed by atoms with Gasteiger partial charge >= 0.3 is 0 Å². The van der Waals surface area contributed by atoms with Gasteiger partial charge in [0, 0.05) is 45.3 Å². The average Bonchev–Trinajstić information content (AvgIpc) is 3.70. The molecule has 3 aromatic heterocycles. The van der Waals surface area contributed by atoms with Crippen molar-refractivity contribution in [1.29, 1.82) is 0 Å². The third-order valence-corrected chi connectivity index (χ3v) is 10.4. The van der Waals surface area contributed by atoms with Gasteiger partial charge in [0.25, 0.3) is 0 Å². The number of fused-ring (bicyclic) bond motifs is 7. The Kier molecular flexibility index (Phi) is 6.77. The van der Waals surface area contributed by atoms with Crippen molar-refractivity contribution in [2.45, 2.75) is 19.3 Å². The molecule has 5 nitrogen and oxygen atoms in total. The molecular formula is C47H32N4O. The van der Waals surface area contributed by atoms with E-state index in [1.165, 1.54) is 33.0 Å². The second-order valence-corrected chi connectivity index (χ2v) is 13.9. The van der Waals surface area contributed by atoms with Crippen LogP contribution in [0.5, 0.6) is 0 Å². The number of hydrogen-bond donors (Lipinski definition) is 0. The van der Waals surface area contributed by atoms with Gasteiger partial charge in [0.2, 0.25) is 0 Å². The van der Waals surface area contributed by atoms with Crippen molar-refractivity contribution in [2.75, 3.05) is 0 Å². The second-order valence-electron chi connectivity index (χ2n) is 13.9. The van der Waals surface area contributed by atoms with Crippen LogP contribution in [-0.4, -0.2) is 19.9 Å². The minimum Gasteiger partial charge on any atom is -0.456 e. The highest BCUT2D eigenvalue weighted by molar-refractivity contribution is 6.11. The van der Waals surface area contributed by atoms with Crippen molar-refractivity contribution < 1.29 is 4.42 Å². The molecule has 0 amide bonds. The van der Waals surface area contributed by atoms with E-state index in [-0.39, 0.29) is 5.41 Å². The van der Waals surface area contributed by atoms with Gasteiger partial charge in [0.15, 0.2) is 17.5 Å². The third kappa shape index (κ3) is 4.85.